The van der Waals surface area contributed by atoms with Gasteiger partial charge < -0.3 is 36.4 Å². The number of nitrogens with two attached hydrogens (primary N) is 1. The number of aliphatic hydroxyl groups excluding tert-OH is 6. The number of allylic oxidation sites excluding steroid dienone is 1. The van der Waals surface area contributed by atoms with E-state index in [1.807, 2.05) is 0 Å². The van der Waals surface area contributed by atoms with Crippen molar-refractivity contribution in [2.45, 2.75) is 55.7 Å². The fraction of sp³-hybridized carbons (Fsp3) is 0.833. The van der Waals surface area contributed by atoms with E-state index in [1.54, 1.807) is 6.92 Å². The van der Waals surface area contributed by atoms with Crippen molar-refractivity contribution in [3.05, 3.63) is 12.2 Å². The van der Waals surface area contributed by atoms with Gasteiger partial charge >= 0.3 is 8.17 Å². The number of aliphatic hydroxyl groups is 6. The molecule has 11 nitrogen and oxygen atoms in total. The van der Waals surface area contributed by atoms with Crippen LogP contribution in [-0.4, -0.2) is 95.8 Å². The van der Waals surface area contributed by atoms with Gasteiger partial charge in [-0.05, 0) is 6.92 Å². The minimum atomic E-state index is -4.61. The molecule has 12 heteroatoms. The Morgan fingerprint density at radius 3 is 1.92 bits per heavy atom. The van der Waals surface area contributed by atoms with Gasteiger partial charge in [-0.3, -0.25) is 0 Å². The molecule has 0 aromatic heterocycles. The first-order valence-corrected chi connectivity index (χ1v) is 8.69. The highest BCUT2D eigenvalue weighted by atomic mass is 31.2. The van der Waals surface area contributed by atoms with Gasteiger partial charge in [-0.2, -0.15) is 14.3 Å². The Morgan fingerprint density at radius 1 is 1.00 bits per heavy atom. The highest BCUT2D eigenvalue weighted by molar-refractivity contribution is 7.54. The molecule has 1 saturated carbocycles. The van der Waals surface area contributed by atoms with E-state index >= 15 is 0 Å². The summed E-state index contributed by atoms with van der Waals surface area (Å²) in [6, 6.07) is -1.01. The molecule has 4 unspecified atom stereocenters. The van der Waals surface area contributed by atoms with E-state index in [0.29, 0.717) is 0 Å². The molecule has 0 aromatic rings. The lowest BCUT2D eigenvalue weighted by molar-refractivity contribution is -0.221. The zero-order valence-electron chi connectivity index (χ0n) is 12.9. The minimum Gasteiger partial charge on any atom is -0.387 e. The van der Waals surface area contributed by atoms with Crippen LogP contribution in [0.25, 0.3) is 0 Å². The van der Waals surface area contributed by atoms with Crippen LogP contribution in [0.3, 0.4) is 0 Å². The number of hydrogen-bond donors (Lipinski definition) is 9. The lowest BCUT2D eigenvalue weighted by Gasteiger charge is -2.40. The van der Waals surface area contributed by atoms with Crippen molar-refractivity contribution in [3.8, 4) is 0 Å². The Hall–Kier alpha value is -0.270. The molecule has 10 N–H and O–H groups in total. The Kier molecular flexibility index (Phi) is 8.07. The van der Waals surface area contributed by atoms with Crippen molar-refractivity contribution < 1.29 is 49.5 Å². The van der Waals surface area contributed by atoms with Crippen molar-refractivity contribution in [2.75, 3.05) is 6.61 Å². The topological polar surface area (TPSA) is 206 Å². The monoisotopic (exact) mass is 374 g/mol. The molecule has 1 fully saturated rings. The van der Waals surface area contributed by atoms with Gasteiger partial charge in [0.15, 0.2) is 6.10 Å². The third kappa shape index (κ3) is 5.36. The summed E-state index contributed by atoms with van der Waals surface area (Å²) in [4.78, 5) is 19.4. The highest BCUT2D eigenvalue weighted by Crippen LogP contribution is 2.54. The molecule has 0 amide bonds. The first-order chi connectivity index (χ1) is 11.0. The van der Waals surface area contributed by atoms with Crippen LogP contribution in [0.2, 0.25) is 0 Å². The SMILES string of the molecule is C/C=C/[C@H](O)[C@H](N)CO[P+](O)(O)OC1C(O)C(O)C(O)C(O)C1O. The summed E-state index contributed by atoms with van der Waals surface area (Å²) in [5, 5.41) is 57.6. The Morgan fingerprint density at radius 2 is 1.46 bits per heavy atom. The second-order valence-electron chi connectivity index (χ2n) is 5.49. The third-order valence-electron chi connectivity index (χ3n) is 3.60. The van der Waals surface area contributed by atoms with E-state index in [9.17, 15) is 40.4 Å². The molecule has 0 heterocycles. The van der Waals surface area contributed by atoms with Crippen LogP contribution in [0.4, 0.5) is 0 Å². The fourth-order valence-corrected chi connectivity index (χ4v) is 3.13. The van der Waals surface area contributed by atoms with Gasteiger partial charge in [0.25, 0.3) is 0 Å². The average molecular weight is 374 g/mol. The van der Waals surface area contributed by atoms with Crippen molar-refractivity contribution in [1.82, 2.24) is 0 Å². The standard InChI is InChI=1S/C12H25NO10P/c1-2-3-6(14)5(13)4-22-24(20,21)23-12-10(18)8(16)7(15)9(17)11(12)19/h2-3,5-12,14-21H,4,13H2,1H3/q+1/b3-2+/t5-,6+,7?,8?,9?,10?,11?,12?/m1/s1. The number of hydrogen-bond acceptors (Lipinski definition) is 11. The maximum absolute atomic E-state index is 9.76. The summed E-state index contributed by atoms with van der Waals surface area (Å²) in [5.41, 5.74) is 5.56. The summed E-state index contributed by atoms with van der Waals surface area (Å²) in [6.07, 6.45) is -9.50. The zero-order valence-corrected chi connectivity index (χ0v) is 13.8. The number of rotatable bonds is 7. The first-order valence-electron chi connectivity index (χ1n) is 7.16. The van der Waals surface area contributed by atoms with Crippen LogP contribution in [0, 0.1) is 0 Å². The summed E-state index contributed by atoms with van der Waals surface area (Å²) in [6.45, 7) is 1.12. The third-order valence-corrected chi connectivity index (χ3v) is 4.60. The molecule has 142 valence electrons. The predicted octanol–water partition coefficient (Wildman–Crippen LogP) is -3.87. The summed E-state index contributed by atoms with van der Waals surface area (Å²) in [7, 11) is -4.61. The quantitative estimate of drug-likeness (QED) is 0.156. The fourth-order valence-electron chi connectivity index (χ4n) is 2.13. The predicted molar refractivity (Wildman–Crippen MR) is 81.0 cm³/mol. The van der Waals surface area contributed by atoms with E-state index in [2.05, 4.69) is 4.52 Å². The zero-order chi connectivity index (χ0) is 18.7. The minimum absolute atomic E-state index is 0.529. The van der Waals surface area contributed by atoms with E-state index in [-0.39, 0.29) is 0 Å². The molecule has 0 spiro atoms. The lowest BCUT2D eigenvalue weighted by atomic mass is 9.85. The van der Waals surface area contributed by atoms with Gasteiger partial charge in [0.2, 0.25) is 0 Å². The molecule has 0 aliphatic heterocycles. The smallest absolute Gasteiger partial charge is 0.387 e. The molecule has 0 bridgehead atoms. The molecule has 0 aromatic carbocycles. The van der Waals surface area contributed by atoms with Gasteiger partial charge in [-0.25, -0.2) is 0 Å². The Bertz CT molecular complexity index is 409. The normalized spacial score (nSPS) is 37.6. The second-order valence-corrected chi connectivity index (χ2v) is 6.94. The van der Waals surface area contributed by atoms with Gasteiger partial charge in [-0.1, -0.05) is 12.2 Å². The van der Waals surface area contributed by atoms with Crippen LogP contribution in [-0.2, 0) is 9.05 Å². The lowest BCUT2D eigenvalue weighted by Crippen LogP contribution is -2.64. The molecular formula is C12H25NO10P+. The van der Waals surface area contributed by atoms with E-state index < -0.39 is 63.5 Å². The van der Waals surface area contributed by atoms with E-state index in [0.717, 1.165) is 0 Å². The molecule has 0 radical (unpaired) electrons. The molecule has 1 aliphatic rings. The second kappa shape index (κ2) is 8.90. The molecule has 6 atom stereocenters. The van der Waals surface area contributed by atoms with Crippen LogP contribution in [0.5, 0.6) is 0 Å². The van der Waals surface area contributed by atoms with Gasteiger partial charge in [-0.15, -0.1) is 4.52 Å². The van der Waals surface area contributed by atoms with Crippen LogP contribution in [0.1, 0.15) is 6.92 Å². The molecular weight excluding hydrogens is 349 g/mol. The maximum Gasteiger partial charge on any atom is 0.570 e. The molecule has 1 rings (SSSR count). The average Bonchev–Trinajstić information content (AvgIpc) is 2.53. The van der Waals surface area contributed by atoms with E-state index in [4.69, 9.17) is 10.3 Å². The first kappa shape index (κ1) is 21.8. The molecule has 0 saturated heterocycles. The van der Waals surface area contributed by atoms with Crippen molar-refractivity contribution in [3.63, 3.8) is 0 Å². The van der Waals surface area contributed by atoms with Crippen molar-refractivity contribution in [1.29, 1.82) is 0 Å². The van der Waals surface area contributed by atoms with Crippen LogP contribution >= 0.6 is 8.17 Å². The van der Waals surface area contributed by atoms with Gasteiger partial charge in [0.05, 0.1) is 12.1 Å². The summed E-state index contributed by atoms with van der Waals surface area (Å²) in [5.74, 6) is 0. The molecule has 1 aliphatic carbocycles. The maximum atomic E-state index is 9.76. The van der Waals surface area contributed by atoms with E-state index in [1.165, 1.54) is 12.2 Å². The Balaban J connectivity index is 2.68. The van der Waals surface area contributed by atoms with Crippen LogP contribution in [0.15, 0.2) is 12.2 Å². The Labute approximate surface area is 138 Å². The largest absolute Gasteiger partial charge is 0.570 e. The summed E-state index contributed by atoms with van der Waals surface area (Å²) >= 11 is 0. The summed E-state index contributed by atoms with van der Waals surface area (Å²) < 4.78 is 9.38. The highest BCUT2D eigenvalue weighted by Gasteiger charge is 2.56. The molecule has 24 heavy (non-hydrogen) atoms. The van der Waals surface area contributed by atoms with Crippen molar-refractivity contribution >= 4 is 8.17 Å². The van der Waals surface area contributed by atoms with Crippen LogP contribution < -0.4 is 5.73 Å². The van der Waals surface area contributed by atoms with Crippen molar-refractivity contribution in [2.24, 2.45) is 5.73 Å². The van der Waals surface area contributed by atoms with Gasteiger partial charge in [0.1, 0.15) is 37.1 Å². The van der Waals surface area contributed by atoms with Gasteiger partial charge in [0, 0.05) is 0 Å².